The SMILES string of the molecule is c1ccc(-c2ccccc2N(c2ccc3c(c2)C(c2ccccc2)(c2ccccc2)c2ccccc2-3)c2ccccc2-c2cccc(-c3cccc4ccccc34)c2)cc1. The summed E-state index contributed by atoms with van der Waals surface area (Å²) in [6.45, 7) is 0. The molecule has 0 saturated carbocycles. The number of nitrogens with zero attached hydrogens (tertiary/aromatic N) is 1. The van der Waals surface area contributed by atoms with Gasteiger partial charge < -0.3 is 4.90 Å². The Morgan fingerprint density at radius 2 is 0.750 bits per heavy atom. The van der Waals surface area contributed by atoms with Gasteiger partial charge in [0, 0.05) is 16.8 Å². The van der Waals surface area contributed by atoms with Gasteiger partial charge in [-0.2, -0.15) is 0 Å². The highest BCUT2D eigenvalue weighted by atomic mass is 15.1. The zero-order valence-electron chi connectivity index (χ0n) is 33.1. The van der Waals surface area contributed by atoms with E-state index in [-0.39, 0.29) is 0 Å². The number of benzene rings is 10. The second-order valence-electron chi connectivity index (χ2n) is 15.6. The van der Waals surface area contributed by atoms with E-state index in [1.807, 2.05) is 0 Å². The van der Waals surface area contributed by atoms with Gasteiger partial charge in [0.25, 0.3) is 0 Å². The summed E-state index contributed by atoms with van der Waals surface area (Å²) in [6, 6.07) is 91.1. The summed E-state index contributed by atoms with van der Waals surface area (Å²) < 4.78 is 0. The van der Waals surface area contributed by atoms with Crippen molar-refractivity contribution in [2.75, 3.05) is 4.90 Å². The van der Waals surface area contributed by atoms with Crippen molar-refractivity contribution >= 4 is 27.8 Å². The Morgan fingerprint density at radius 3 is 1.45 bits per heavy atom. The first kappa shape index (κ1) is 35.4. The minimum absolute atomic E-state index is 0.526. The lowest BCUT2D eigenvalue weighted by Gasteiger charge is -2.35. The van der Waals surface area contributed by atoms with Crippen LogP contribution in [0.5, 0.6) is 0 Å². The van der Waals surface area contributed by atoms with Gasteiger partial charge in [-0.3, -0.25) is 0 Å². The third kappa shape index (κ3) is 5.78. The van der Waals surface area contributed by atoms with Crippen LogP contribution in [0, 0.1) is 0 Å². The van der Waals surface area contributed by atoms with E-state index in [9.17, 15) is 0 Å². The van der Waals surface area contributed by atoms with Crippen LogP contribution in [-0.4, -0.2) is 0 Å². The van der Waals surface area contributed by atoms with Crippen molar-refractivity contribution in [1.82, 2.24) is 0 Å². The summed E-state index contributed by atoms with van der Waals surface area (Å²) in [6.07, 6.45) is 0. The van der Waals surface area contributed by atoms with E-state index in [0.717, 1.165) is 28.2 Å². The first-order valence-corrected chi connectivity index (χ1v) is 20.8. The average Bonchev–Trinajstić information content (AvgIpc) is 3.63. The number of fused-ring (bicyclic) bond motifs is 4. The van der Waals surface area contributed by atoms with Crippen molar-refractivity contribution in [2.45, 2.75) is 5.41 Å². The molecule has 10 aromatic rings. The topological polar surface area (TPSA) is 3.24 Å². The van der Waals surface area contributed by atoms with Crippen molar-refractivity contribution in [2.24, 2.45) is 0 Å². The second kappa shape index (κ2) is 14.9. The first-order valence-electron chi connectivity index (χ1n) is 20.8. The van der Waals surface area contributed by atoms with Crippen LogP contribution in [-0.2, 0) is 5.41 Å². The fourth-order valence-corrected chi connectivity index (χ4v) is 9.75. The number of rotatable bonds is 8. The van der Waals surface area contributed by atoms with Crippen molar-refractivity contribution in [3.63, 3.8) is 0 Å². The van der Waals surface area contributed by atoms with Gasteiger partial charge >= 0.3 is 0 Å². The van der Waals surface area contributed by atoms with Crippen LogP contribution in [0.2, 0.25) is 0 Å². The predicted molar refractivity (Wildman–Crippen MR) is 252 cm³/mol. The molecule has 1 heteroatoms. The van der Waals surface area contributed by atoms with Gasteiger partial charge in [0.05, 0.1) is 16.8 Å². The summed E-state index contributed by atoms with van der Waals surface area (Å²) in [7, 11) is 0. The fourth-order valence-electron chi connectivity index (χ4n) is 9.75. The minimum Gasteiger partial charge on any atom is -0.309 e. The molecular weight excluding hydrogens is 723 g/mol. The molecule has 0 amide bonds. The number of para-hydroxylation sites is 2. The summed E-state index contributed by atoms with van der Waals surface area (Å²) >= 11 is 0. The molecule has 0 aromatic heterocycles. The van der Waals surface area contributed by atoms with Crippen LogP contribution in [0.15, 0.2) is 249 Å². The quantitative estimate of drug-likeness (QED) is 0.149. The maximum Gasteiger partial charge on any atom is 0.0714 e. The zero-order valence-corrected chi connectivity index (χ0v) is 33.1. The maximum atomic E-state index is 2.49. The van der Waals surface area contributed by atoms with E-state index in [1.165, 1.54) is 66.4 Å². The zero-order chi connectivity index (χ0) is 39.9. The molecule has 0 heterocycles. The number of hydrogen-bond acceptors (Lipinski definition) is 1. The lowest BCUT2D eigenvalue weighted by Crippen LogP contribution is -2.28. The molecule has 10 aromatic carbocycles. The van der Waals surface area contributed by atoms with Gasteiger partial charge in [-0.15, -0.1) is 0 Å². The largest absolute Gasteiger partial charge is 0.309 e. The Morgan fingerprint density at radius 1 is 0.283 bits per heavy atom. The van der Waals surface area contributed by atoms with Gasteiger partial charge in [-0.25, -0.2) is 0 Å². The molecule has 0 fully saturated rings. The Bertz CT molecular complexity index is 3100. The lowest BCUT2D eigenvalue weighted by molar-refractivity contribution is 0.768. The molecule has 0 radical (unpaired) electrons. The average molecular weight is 764 g/mol. The highest BCUT2D eigenvalue weighted by Gasteiger charge is 2.46. The van der Waals surface area contributed by atoms with Gasteiger partial charge in [0.15, 0.2) is 0 Å². The van der Waals surface area contributed by atoms with E-state index in [0.29, 0.717) is 0 Å². The summed E-state index contributed by atoms with van der Waals surface area (Å²) in [5.74, 6) is 0. The monoisotopic (exact) mass is 763 g/mol. The van der Waals surface area contributed by atoms with Gasteiger partial charge in [-0.05, 0) is 96.7 Å². The van der Waals surface area contributed by atoms with Crippen molar-refractivity contribution in [3.05, 3.63) is 271 Å². The van der Waals surface area contributed by atoms with Crippen LogP contribution in [0.1, 0.15) is 22.3 Å². The molecule has 1 aliphatic rings. The van der Waals surface area contributed by atoms with Gasteiger partial charge in [-0.1, -0.05) is 218 Å². The molecule has 0 aliphatic heterocycles. The molecule has 0 N–H and O–H groups in total. The van der Waals surface area contributed by atoms with Crippen LogP contribution in [0.25, 0.3) is 55.3 Å². The summed E-state index contributed by atoms with van der Waals surface area (Å²) in [5, 5.41) is 2.49. The molecule has 0 atom stereocenters. The Hall–Kier alpha value is -7.74. The van der Waals surface area contributed by atoms with Crippen LogP contribution in [0.3, 0.4) is 0 Å². The molecule has 0 saturated heterocycles. The maximum absolute atomic E-state index is 2.49. The third-order valence-corrected chi connectivity index (χ3v) is 12.3. The molecular formula is C59H41N. The standard InChI is InChI=1S/C59H41N/c1-4-20-43(21-5-1)51-31-13-16-36-57(51)60(58-37-17-14-32-52(58)45-25-18-24-44(40-45)50-34-19-23-42-22-10-11-30-49(42)50)48-38-39-54-53-33-12-15-35-55(53)59(56(54)41-48,46-26-6-2-7-27-46)47-28-8-3-9-29-47/h1-41H. The second-order valence-corrected chi connectivity index (χ2v) is 15.6. The van der Waals surface area contributed by atoms with Crippen LogP contribution >= 0.6 is 0 Å². The predicted octanol–water partition coefficient (Wildman–Crippen LogP) is 15.7. The third-order valence-electron chi connectivity index (χ3n) is 12.3. The Kier molecular flexibility index (Phi) is 8.79. The Labute approximate surface area is 352 Å². The molecule has 1 aliphatic carbocycles. The van der Waals surface area contributed by atoms with E-state index in [1.54, 1.807) is 0 Å². The van der Waals surface area contributed by atoms with Crippen LogP contribution in [0.4, 0.5) is 17.1 Å². The lowest BCUT2D eigenvalue weighted by atomic mass is 9.67. The normalized spacial score (nSPS) is 12.5. The van der Waals surface area contributed by atoms with Crippen molar-refractivity contribution in [1.29, 1.82) is 0 Å². The molecule has 282 valence electrons. The molecule has 11 rings (SSSR count). The van der Waals surface area contributed by atoms with E-state index in [4.69, 9.17) is 0 Å². The first-order chi connectivity index (χ1) is 29.8. The van der Waals surface area contributed by atoms with Gasteiger partial charge in [0.2, 0.25) is 0 Å². The highest BCUT2D eigenvalue weighted by molar-refractivity contribution is 5.99. The molecule has 0 spiro atoms. The fraction of sp³-hybridized carbons (Fsp3) is 0.0169. The van der Waals surface area contributed by atoms with Crippen molar-refractivity contribution in [3.8, 4) is 44.5 Å². The highest BCUT2D eigenvalue weighted by Crippen LogP contribution is 2.57. The van der Waals surface area contributed by atoms with E-state index >= 15 is 0 Å². The minimum atomic E-state index is -0.526. The number of hydrogen-bond donors (Lipinski definition) is 0. The van der Waals surface area contributed by atoms with E-state index in [2.05, 4.69) is 254 Å². The van der Waals surface area contributed by atoms with E-state index < -0.39 is 5.41 Å². The van der Waals surface area contributed by atoms with Crippen LogP contribution < -0.4 is 4.90 Å². The smallest absolute Gasteiger partial charge is 0.0714 e. The summed E-state index contributed by atoms with van der Waals surface area (Å²) in [5.41, 5.74) is 17.5. The van der Waals surface area contributed by atoms with Gasteiger partial charge in [0.1, 0.15) is 0 Å². The Balaban J connectivity index is 1.17. The van der Waals surface area contributed by atoms with Crippen molar-refractivity contribution < 1.29 is 0 Å². The molecule has 1 nitrogen and oxygen atoms in total. The summed E-state index contributed by atoms with van der Waals surface area (Å²) in [4.78, 5) is 2.49. The molecule has 0 bridgehead atoms. The molecule has 0 unspecified atom stereocenters. The molecule has 60 heavy (non-hydrogen) atoms. The number of anilines is 3.